The average Bonchev–Trinajstić information content (AvgIpc) is 3.03. The topological polar surface area (TPSA) is 12.0 Å². The van der Waals surface area contributed by atoms with Crippen molar-refractivity contribution in [2.45, 2.75) is 46.1 Å². The molecule has 0 heterocycles. The Morgan fingerprint density at radius 2 is 1.38 bits per heavy atom. The highest BCUT2D eigenvalue weighted by atomic mass is 14.9. The molecule has 1 aliphatic carbocycles. The van der Waals surface area contributed by atoms with E-state index in [-0.39, 0.29) is 0 Å². The van der Waals surface area contributed by atoms with E-state index in [1.54, 1.807) is 0 Å². The maximum absolute atomic E-state index is 3.51. The predicted octanol–water partition coefficient (Wildman–Crippen LogP) is 3.86. The largest absolute Gasteiger partial charge is 0.314 e. The number of hydrogen-bond acceptors (Lipinski definition) is 1. The van der Waals surface area contributed by atoms with E-state index < -0.39 is 0 Å². The third kappa shape index (κ3) is 8.49. The van der Waals surface area contributed by atoms with Crippen LogP contribution >= 0.6 is 0 Å². The maximum Gasteiger partial charge on any atom is 0.00682 e. The molecule has 1 aromatic carbocycles. The van der Waals surface area contributed by atoms with Gasteiger partial charge in [0.05, 0.1) is 0 Å². The first-order valence-corrected chi connectivity index (χ1v) is 6.31. The predicted molar refractivity (Wildman–Crippen MR) is 71.5 cm³/mol. The van der Waals surface area contributed by atoms with Crippen LogP contribution in [0.25, 0.3) is 0 Å². The quantitative estimate of drug-likeness (QED) is 0.814. The molecule has 1 N–H and O–H groups in total. The molecule has 0 bridgehead atoms. The molecular formula is C15H25N. The molecule has 0 amide bonds. The first kappa shape index (κ1) is 13.2. The van der Waals surface area contributed by atoms with Gasteiger partial charge in [-0.3, -0.25) is 0 Å². The van der Waals surface area contributed by atoms with Gasteiger partial charge < -0.3 is 5.32 Å². The van der Waals surface area contributed by atoms with E-state index in [2.05, 4.69) is 26.1 Å². The second kappa shape index (κ2) is 6.70. The van der Waals surface area contributed by atoms with E-state index in [1.807, 2.05) is 36.4 Å². The van der Waals surface area contributed by atoms with Gasteiger partial charge in [-0.1, -0.05) is 57.2 Å². The van der Waals surface area contributed by atoms with Crippen molar-refractivity contribution in [3.05, 3.63) is 36.4 Å². The molecular weight excluding hydrogens is 194 g/mol. The summed E-state index contributed by atoms with van der Waals surface area (Å²) in [4.78, 5) is 0. The SMILES string of the molecule is CC(C)(C)CCNC1CC1.c1ccccc1. The summed E-state index contributed by atoms with van der Waals surface area (Å²) < 4.78 is 0. The Labute approximate surface area is 100 Å². The van der Waals surface area contributed by atoms with Crippen LogP contribution in [-0.2, 0) is 0 Å². The van der Waals surface area contributed by atoms with Gasteiger partial charge in [-0.25, -0.2) is 0 Å². The molecule has 1 fully saturated rings. The van der Waals surface area contributed by atoms with Crippen LogP contribution in [0.2, 0.25) is 0 Å². The van der Waals surface area contributed by atoms with Gasteiger partial charge in [-0.2, -0.15) is 0 Å². The summed E-state index contributed by atoms with van der Waals surface area (Å²) in [5, 5.41) is 3.51. The lowest BCUT2D eigenvalue weighted by molar-refractivity contribution is 0.366. The minimum Gasteiger partial charge on any atom is -0.314 e. The van der Waals surface area contributed by atoms with E-state index in [1.165, 1.54) is 25.8 Å². The van der Waals surface area contributed by atoms with Gasteiger partial charge in [-0.15, -0.1) is 0 Å². The number of hydrogen-bond donors (Lipinski definition) is 1. The standard InChI is InChI=1S/C9H19N.C6H6/c1-9(2,3)6-7-10-8-4-5-8;1-2-4-6-5-3-1/h8,10H,4-7H2,1-3H3;1-6H. The summed E-state index contributed by atoms with van der Waals surface area (Å²) in [6, 6.07) is 12.9. The minimum absolute atomic E-state index is 0.502. The van der Waals surface area contributed by atoms with Crippen LogP contribution in [0.5, 0.6) is 0 Å². The Balaban J connectivity index is 0.000000181. The van der Waals surface area contributed by atoms with Gasteiger partial charge in [0, 0.05) is 6.04 Å². The molecule has 0 saturated heterocycles. The Bertz CT molecular complexity index is 230. The number of nitrogens with one attached hydrogen (secondary N) is 1. The Hall–Kier alpha value is -0.820. The normalized spacial score (nSPS) is 15.2. The van der Waals surface area contributed by atoms with Crippen molar-refractivity contribution >= 4 is 0 Å². The molecule has 1 aliphatic rings. The third-order valence-electron chi connectivity index (χ3n) is 2.55. The van der Waals surface area contributed by atoms with Crippen molar-refractivity contribution in [3.8, 4) is 0 Å². The van der Waals surface area contributed by atoms with Crippen LogP contribution < -0.4 is 5.32 Å². The van der Waals surface area contributed by atoms with Crippen molar-refractivity contribution in [2.24, 2.45) is 5.41 Å². The second-order valence-electron chi connectivity index (χ2n) is 5.69. The van der Waals surface area contributed by atoms with E-state index in [0.717, 1.165) is 6.04 Å². The second-order valence-corrected chi connectivity index (χ2v) is 5.69. The molecule has 90 valence electrons. The first-order chi connectivity index (χ1) is 7.58. The number of rotatable bonds is 3. The highest BCUT2D eigenvalue weighted by Gasteiger charge is 2.20. The van der Waals surface area contributed by atoms with Crippen LogP contribution in [0.1, 0.15) is 40.0 Å². The fourth-order valence-corrected chi connectivity index (χ4v) is 1.32. The zero-order chi connectivity index (χ0) is 11.9. The van der Waals surface area contributed by atoms with Gasteiger partial charge in [0.15, 0.2) is 0 Å². The molecule has 1 saturated carbocycles. The molecule has 16 heavy (non-hydrogen) atoms. The summed E-state index contributed by atoms with van der Waals surface area (Å²) in [7, 11) is 0. The zero-order valence-electron chi connectivity index (χ0n) is 10.9. The minimum atomic E-state index is 0.502. The van der Waals surface area contributed by atoms with Crippen LogP contribution in [-0.4, -0.2) is 12.6 Å². The lowest BCUT2D eigenvalue weighted by atomic mass is 9.92. The fraction of sp³-hybridized carbons (Fsp3) is 0.600. The van der Waals surface area contributed by atoms with Crippen molar-refractivity contribution in [1.82, 2.24) is 5.32 Å². The first-order valence-electron chi connectivity index (χ1n) is 6.31. The molecule has 0 atom stereocenters. The molecule has 0 aliphatic heterocycles. The van der Waals surface area contributed by atoms with E-state index in [0.29, 0.717) is 5.41 Å². The average molecular weight is 219 g/mol. The highest BCUT2D eigenvalue weighted by molar-refractivity contribution is 4.99. The van der Waals surface area contributed by atoms with Gasteiger partial charge >= 0.3 is 0 Å². The third-order valence-corrected chi connectivity index (χ3v) is 2.55. The van der Waals surface area contributed by atoms with Gasteiger partial charge in [0.1, 0.15) is 0 Å². The van der Waals surface area contributed by atoms with Crippen LogP contribution in [0.4, 0.5) is 0 Å². The van der Waals surface area contributed by atoms with Gasteiger partial charge in [0.25, 0.3) is 0 Å². The van der Waals surface area contributed by atoms with Crippen molar-refractivity contribution in [1.29, 1.82) is 0 Å². The summed E-state index contributed by atoms with van der Waals surface area (Å²) in [6.07, 6.45) is 4.11. The summed E-state index contributed by atoms with van der Waals surface area (Å²) in [5.41, 5.74) is 0.502. The Kier molecular flexibility index (Phi) is 5.54. The Morgan fingerprint density at radius 1 is 0.938 bits per heavy atom. The van der Waals surface area contributed by atoms with Crippen molar-refractivity contribution in [2.75, 3.05) is 6.54 Å². The lowest BCUT2D eigenvalue weighted by Gasteiger charge is -2.17. The zero-order valence-corrected chi connectivity index (χ0v) is 10.9. The fourth-order valence-electron chi connectivity index (χ4n) is 1.32. The molecule has 0 radical (unpaired) electrons. The van der Waals surface area contributed by atoms with Crippen LogP contribution in [0.3, 0.4) is 0 Å². The summed E-state index contributed by atoms with van der Waals surface area (Å²) in [5.74, 6) is 0. The number of benzene rings is 1. The van der Waals surface area contributed by atoms with Crippen molar-refractivity contribution in [3.63, 3.8) is 0 Å². The van der Waals surface area contributed by atoms with Crippen LogP contribution in [0, 0.1) is 5.41 Å². The molecule has 0 aromatic heterocycles. The van der Waals surface area contributed by atoms with E-state index >= 15 is 0 Å². The monoisotopic (exact) mass is 219 g/mol. The molecule has 0 spiro atoms. The summed E-state index contributed by atoms with van der Waals surface area (Å²) in [6.45, 7) is 8.08. The maximum atomic E-state index is 3.51. The molecule has 2 rings (SSSR count). The van der Waals surface area contributed by atoms with Crippen LogP contribution in [0.15, 0.2) is 36.4 Å². The Morgan fingerprint density at radius 3 is 1.69 bits per heavy atom. The smallest absolute Gasteiger partial charge is 0.00682 e. The molecule has 1 heteroatoms. The van der Waals surface area contributed by atoms with Gasteiger partial charge in [0.2, 0.25) is 0 Å². The van der Waals surface area contributed by atoms with Gasteiger partial charge in [-0.05, 0) is 31.2 Å². The van der Waals surface area contributed by atoms with E-state index in [4.69, 9.17) is 0 Å². The van der Waals surface area contributed by atoms with Crippen molar-refractivity contribution < 1.29 is 0 Å². The lowest BCUT2D eigenvalue weighted by Crippen LogP contribution is -2.22. The molecule has 1 nitrogen and oxygen atoms in total. The molecule has 1 aromatic rings. The van der Waals surface area contributed by atoms with E-state index in [9.17, 15) is 0 Å². The molecule has 0 unspecified atom stereocenters. The highest BCUT2D eigenvalue weighted by Crippen LogP contribution is 2.21. The summed E-state index contributed by atoms with van der Waals surface area (Å²) >= 11 is 0.